The van der Waals surface area contributed by atoms with Gasteiger partial charge in [0.05, 0.1) is 5.39 Å². The van der Waals surface area contributed by atoms with Gasteiger partial charge in [-0.2, -0.15) is 4.98 Å². The molecule has 6 heteroatoms. The molecule has 0 unspecified atom stereocenters. The molecule has 3 N–H and O–H groups in total. The first-order chi connectivity index (χ1) is 9.36. The van der Waals surface area contributed by atoms with E-state index in [4.69, 9.17) is 10.6 Å². The van der Waals surface area contributed by atoms with Crippen molar-refractivity contribution in [1.82, 2.24) is 9.97 Å². The van der Waals surface area contributed by atoms with Gasteiger partial charge in [0.25, 0.3) is 0 Å². The molecule has 1 aliphatic rings. The number of nitrogens with zero attached hydrogens (tertiary/aromatic N) is 2. The van der Waals surface area contributed by atoms with E-state index in [0.717, 1.165) is 23.1 Å². The number of aromatic nitrogens is 2. The molecule has 0 radical (unpaired) electrons. The topological polar surface area (TPSA) is 73.1 Å². The molecule has 0 bridgehead atoms. The van der Waals surface area contributed by atoms with Crippen LogP contribution in [0, 0.1) is 0 Å². The Kier molecular flexibility index (Phi) is 3.79. The Balaban J connectivity index is 1.87. The van der Waals surface area contributed by atoms with Crippen LogP contribution in [0.4, 0.5) is 5.95 Å². The number of hydrogen-bond acceptors (Lipinski definition) is 6. The van der Waals surface area contributed by atoms with Gasteiger partial charge in [0, 0.05) is 0 Å². The highest BCUT2D eigenvalue weighted by atomic mass is 32.1. The summed E-state index contributed by atoms with van der Waals surface area (Å²) in [5.74, 6) is 6.48. The molecule has 19 heavy (non-hydrogen) atoms. The molecule has 1 aliphatic carbocycles. The molecule has 0 atom stereocenters. The van der Waals surface area contributed by atoms with Crippen LogP contribution in [0.5, 0.6) is 5.88 Å². The van der Waals surface area contributed by atoms with Crippen LogP contribution in [0.2, 0.25) is 0 Å². The van der Waals surface area contributed by atoms with Crippen LogP contribution in [0.3, 0.4) is 0 Å². The second-order valence-electron chi connectivity index (χ2n) is 4.87. The second kappa shape index (κ2) is 5.71. The Labute approximate surface area is 116 Å². The van der Waals surface area contributed by atoms with Gasteiger partial charge in [-0.3, -0.25) is 5.43 Å². The second-order valence-corrected chi connectivity index (χ2v) is 5.76. The summed E-state index contributed by atoms with van der Waals surface area (Å²) in [5, 5.41) is 2.98. The molecule has 0 spiro atoms. The van der Waals surface area contributed by atoms with Gasteiger partial charge in [0.15, 0.2) is 0 Å². The largest absolute Gasteiger partial charge is 0.474 e. The summed E-state index contributed by atoms with van der Waals surface area (Å²) in [5.41, 5.74) is 2.50. The van der Waals surface area contributed by atoms with Crippen LogP contribution in [-0.2, 0) is 0 Å². The molecule has 0 amide bonds. The molecule has 0 aliphatic heterocycles. The van der Waals surface area contributed by atoms with Crippen molar-refractivity contribution in [3.63, 3.8) is 0 Å². The van der Waals surface area contributed by atoms with Crippen molar-refractivity contribution < 1.29 is 4.74 Å². The molecule has 5 nitrogen and oxygen atoms in total. The molecule has 2 aromatic heterocycles. The number of nitrogens with two attached hydrogens (primary N) is 1. The maximum atomic E-state index is 6.11. The average Bonchev–Trinajstić information content (AvgIpc) is 2.76. The number of hydrogen-bond donors (Lipinski definition) is 2. The van der Waals surface area contributed by atoms with Crippen LogP contribution in [0.25, 0.3) is 10.2 Å². The Morgan fingerprint density at radius 3 is 2.74 bits per heavy atom. The van der Waals surface area contributed by atoms with E-state index in [0.29, 0.717) is 11.8 Å². The smallest absolute Gasteiger partial charge is 0.241 e. The molecule has 1 fully saturated rings. The molecule has 0 aromatic carbocycles. The van der Waals surface area contributed by atoms with Crippen molar-refractivity contribution >= 4 is 27.5 Å². The third kappa shape index (κ3) is 2.79. The summed E-state index contributed by atoms with van der Waals surface area (Å²) in [4.78, 5) is 9.58. The summed E-state index contributed by atoms with van der Waals surface area (Å²) >= 11 is 1.57. The van der Waals surface area contributed by atoms with Crippen LogP contribution >= 0.6 is 11.3 Å². The Morgan fingerprint density at radius 2 is 2.00 bits per heavy atom. The van der Waals surface area contributed by atoms with E-state index in [-0.39, 0.29) is 6.10 Å². The van der Waals surface area contributed by atoms with Crippen molar-refractivity contribution in [2.75, 3.05) is 5.43 Å². The van der Waals surface area contributed by atoms with E-state index in [1.54, 1.807) is 11.3 Å². The maximum absolute atomic E-state index is 6.11. The zero-order chi connectivity index (χ0) is 13.1. The summed E-state index contributed by atoms with van der Waals surface area (Å²) in [6.07, 6.45) is 7.60. The lowest BCUT2D eigenvalue weighted by molar-refractivity contribution is 0.179. The minimum absolute atomic E-state index is 0.270. The van der Waals surface area contributed by atoms with Crippen molar-refractivity contribution in [2.24, 2.45) is 5.84 Å². The SMILES string of the molecule is NNc1nc(OC2CCCCCC2)c2ccsc2n1. The van der Waals surface area contributed by atoms with Gasteiger partial charge in [0.2, 0.25) is 11.8 Å². The zero-order valence-corrected chi connectivity index (χ0v) is 11.6. The fourth-order valence-electron chi connectivity index (χ4n) is 2.50. The van der Waals surface area contributed by atoms with E-state index >= 15 is 0 Å². The van der Waals surface area contributed by atoms with E-state index < -0.39 is 0 Å². The van der Waals surface area contributed by atoms with Gasteiger partial charge in [-0.05, 0) is 37.1 Å². The highest BCUT2D eigenvalue weighted by molar-refractivity contribution is 7.16. The third-order valence-corrected chi connectivity index (χ3v) is 4.31. The normalized spacial score (nSPS) is 17.3. The number of rotatable bonds is 3. The number of ether oxygens (including phenoxy) is 1. The summed E-state index contributed by atoms with van der Waals surface area (Å²) in [6.45, 7) is 0. The standard InChI is InChI=1S/C13H18N4OS/c14-17-13-15-11(10-7-8-19-12(10)16-13)18-9-5-3-1-2-4-6-9/h7-9H,1-6,14H2,(H,15,16,17). The van der Waals surface area contributed by atoms with Crippen LogP contribution in [0.1, 0.15) is 38.5 Å². The quantitative estimate of drug-likeness (QED) is 0.513. The molecule has 1 saturated carbocycles. The summed E-state index contributed by atoms with van der Waals surface area (Å²) < 4.78 is 6.11. The zero-order valence-electron chi connectivity index (χ0n) is 10.8. The highest BCUT2D eigenvalue weighted by Gasteiger charge is 2.17. The number of hydrazine groups is 1. The number of fused-ring (bicyclic) bond motifs is 1. The fraction of sp³-hybridized carbons (Fsp3) is 0.538. The number of thiophene rings is 1. The first-order valence-electron chi connectivity index (χ1n) is 6.75. The van der Waals surface area contributed by atoms with Crippen molar-refractivity contribution in [2.45, 2.75) is 44.6 Å². The highest BCUT2D eigenvalue weighted by Crippen LogP contribution is 2.30. The Bertz CT molecular complexity index is 549. The van der Waals surface area contributed by atoms with Crippen LogP contribution in [-0.4, -0.2) is 16.1 Å². The maximum Gasteiger partial charge on any atom is 0.241 e. The van der Waals surface area contributed by atoms with Gasteiger partial charge < -0.3 is 4.74 Å². The lowest BCUT2D eigenvalue weighted by Crippen LogP contribution is -2.17. The summed E-state index contributed by atoms with van der Waals surface area (Å²) in [6, 6.07) is 2.01. The lowest BCUT2D eigenvalue weighted by Gasteiger charge is -2.17. The molecule has 0 saturated heterocycles. The van der Waals surface area contributed by atoms with E-state index in [1.807, 2.05) is 11.4 Å². The molecule has 102 valence electrons. The van der Waals surface area contributed by atoms with Crippen LogP contribution in [0.15, 0.2) is 11.4 Å². The third-order valence-electron chi connectivity index (χ3n) is 3.50. The van der Waals surface area contributed by atoms with Gasteiger partial charge in [0.1, 0.15) is 10.9 Å². The fourth-order valence-corrected chi connectivity index (χ4v) is 3.25. The van der Waals surface area contributed by atoms with Gasteiger partial charge in [-0.25, -0.2) is 10.8 Å². The number of nitrogen functional groups attached to an aromatic ring is 1. The predicted octanol–water partition coefficient (Wildman–Crippen LogP) is 3.08. The van der Waals surface area contributed by atoms with Gasteiger partial charge in [-0.15, -0.1) is 11.3 Å². The van der Waals surface area contributed by atoms with Crippen molar-refractivity contribution in [1.29, 1.82) is 0 Å². The molecular weight excluding hydrogens is 260 g/mol. The number of anilines is 1. The Hall–Kier alpha value is -1.40. The molecule has 2 heterocycles. The van der Waals surface area contributed by atoms with E-state index in [9.17, 15) is 0 Å². The lowest BCUT2D eigenvalue weighted by atomic mass is 10.1. The summed E-state index contributed by atoms with van der Waals surface area (Å²) in [7, 11) is 0. The van der Waals surface area contributed by atoms with Crippen molar-refractivity contribution in [3.05, 3.63) is 11.4 Å². The number of nitrogens with one attached hydrogen (secondary N) is 1. The average molecular weight is 278 g/mol. The van der Waals surface area contributed by atoms with E-state index in [2.05, 4.69) is 15.4 Å². The Morgan fingerprint density at radius 1 is 1.21 bits per heavy atom. The van der Waals surface area contributed by atoms with Crippen molar-refractivity contribution in [3.8, 4) is 5.88 Å². The predicted molar refractivity (Wildman–Crippen MR) is 77.3 cm³/mol. The molecular formula is C13H18N4OS. The van der Waals surface area contributed by atoms with Gasteiger partial charge in [-0.1, -0.05) is 12.8 Å². The minimum atomic E-state index is 0.270. The molecule has 3 rings (SSSR count). The first-order valence-corrected chi connectivity index (χ1v) is 7.63. The minimum Gasteiger partial charge on any atom is -0.474 e. The molecule has 2 aromatic rings. The van der Waals surface area contributed by atoms with Crippen LogP contribution < -0.4 is 16.0 Å². The van der Waals surface area contributed by atoms with Gasteiger partial charge >= 0.3 is 0 Å². The van der Waals surface area contributed by atoms with E-state index in [1.165, 1.54) is 25.7 Å². The first kappa shape index (κ1) is 12.6. The monoisotopic (exact) mass is 278 g/mol.